The fourth-order valence-electron chi connectivity index (χ4n) is 2.25. The van der Waals surface area contributed by atoms with E-state index in [1.807, 2.05) is 7.11 Å². The first-order valence-electron chi connectivity index (χ1n) is 6.16. The lowest BCUT2D eigenvalue weighted by atomic mass is 9.93. The van der Waals surface area contributed by atoms with E-state index in [1.165, 1.54) is 25.7 Å². The quantitative estimate of drug-likeness (QED) is 0.713. The van der Waals surface area contributed by atoms with E-state index in [-0.39, 0.29) is 5.38 Å². The highest BCUT2D eigenvalue weighted by Gasteiger charge is 2.21. The molecule has 1 rings (SSSR count). The van der Waals surface area contributed by atoms with E-state index in [1.54, 1.807) is 0 Å². The SMILES string of the molecule is CCCC(Cl)CNC1CCCC(OC)C1. The second-order valence-corrected chi connectivity index (χ2v) is 5.13. The molecule has 0 spiro atoms. The second-order valence-electron chi connectivity index (χ2n) is 4.52. The van der Waals surface area contributed by atoms with Crippen LogP contribution < -0.4 is 5.32 Å². The van der Waals surface area contributed by atoms with Crippen molar-refractivity contribution in [1.29, 1.82) is 0 Å². The molecule has 1 aliphatic carbocycles. The van der Waals surface area contributed by atoms with Crippen LogP contribution in [-0.4, -0.2) is 31.2 Å². The summed E-state index contributed by atoms with van der Waals surface area (Å²) in [7, 11) is 1.81. The van der Waals surface area contributed by atoms with E-state index in [0.717, 1.165) is 19.4 Å². The van der Waals surface area contributed by atoms with Crippen LogP contribution in [0.1, 0.15) is 45.4 Å². The molecular formula is C12H24ClNO. The molecule has 0 aliphatic heterocycles. The Morgan fingerprint density at radius 3 is 2.93 bits per heavy atom. The maximum absolute atomic E-state index is 6.18. The third-order valence-corrected chi connectivity index (χ3v) is 3.56. The van der Waals surface area contributed by atoms with Crippen molar-refractivity contribution in [3.05, 3.63) is 0 Å². The number of hydrogen-bond donors (Lipinski definition) is 1. The molecule has 0 aromatic carbocycles. The van der Waals surface area contributed by atoms with Crippen LogP contribution in [-0.2, 0) is 4.74 Å². The van der Waals surface area contributed by atoms with Crippen LogP contribution in [0, 0.1) is 0 Å². The molecule has 0 amide bonds. The predicted molar refractivity (Wildman–Crippen MR) is 65.6 cm³/mol. The first-order valence-corrected chi connectivity index (χ1v) is 6.60. The van der Waals surface area contributed by atoms with Crippen LogP contribution in [0.5, 0.6) is 0 Å². The van der Waals surface area contributed by atoms with E-state index in [2.05, 4.69) is 12.2 Å². The summed E-state index contributed by atoms with van der Waals surface area (Å²) in [5.74, 6) is 0. The second kappa shape index (κ2) is 7.48. The van der Waals surface area contributed by atoms with Crippen LogP contribution >= 0.6 is 11.6 Å². The Bertz CT molecular complexity index is 166. The fourth-order valence-corrected chi connectivity index (χ4v) is 2.56. The summed E-state index contributed by atoms with van der Waals surface area (Å²) in [5, 5.41) is 3.85. The number of rotatable bonds is 6. The Balaban J connectivity index is 2.14. The van der Waals surface area contributed by atoms with Gasteiger partial charge in [0.15, 0.2) is 0 Å². The first-order chi connectivity index (χ1) is 7.26. The Labute approximate surface area is 98.7 Å². The van der Waals surface area contributed by atoms with Gasteiger partial charge in [-0.3, -0.25) is 0 Å². The summed E-state index contributed by atoms with van der Waals surface area (Å²) >= 11 is 6.18. The third-order valence-electron chi connectivity index (χ3n) is 3.19. The summed E-state index contributed by atoms with van der Waals surface area (Å²) in [4.78, 5) is 0. The normalized spacial score (nSPS) is 29.0. The molecule has 3 unspecified atom stereocenters. The Morgan fingerprint density at radius 2 is 2.27 bits per heavy atom. The lowest BCUT2D eigenvalue weighted by Crippen LogP contribution is -2.39. The number of alkyl halides is 1. The predicted octanol–water partition coefficient (Wildman–Crippen LogP) is 2.94. The number of ether oxygens (including phenoxy) is 1. The highest BCUT2D eigenvalue weighted by molar-refractivity contribution is 6.20. The van der Waals surface area contributed by atoms with Crippen molar-refractivity contribution in [2.75, 3.05) is 13.7 Å². The molecule has 0 aromatic heterocycles. The average Bonchev–Trinajstić information content (AvgIpc) is 2.27. The summed E-state index contributed by atoms with van der Waals surface area (Å²) in [5.41, 5.74) is 0. The molecular weight excluding hydrogens is 210 g/mol. The monoisotopic (exact) mass is 233 g/mol. The third kappa shape index (κ3) is 5.19. The summed E-state index contributed by atoms with van der Waals surface area (Å²) in [6, 6.07) is 0.613. The lowest BCUT2D eigenvalue weighted by molar-refractivity contribution is 0.0589. The van der Waals surface area contributed by atoms with Gasteiger partial charge in [-0.05, 0) is 32.1 Å². The minimum atomic E-state index is 0.290. The molecule has 1 aliphatic rings. The van der Waals surface area contributed by atoms with Crippen LogP contribution in [0.3, 0.4) is 0 Å². The zero-order valence-electron chi connectivity index (χ0n) is 9.97. The summed E-state index contributed by atoms with van der Waals surface area (Å²) in [6.45, 7) is 3.12. The largest absolute Gasteiger partial charge is 0.381 e. The Hall–Kier alpha value is 0.210. The van der Waals surface area contributed by atoms with E-state index in [9.17, 15) is 0 Å². The summed E-state index contributed by atoms with van der Waals surface area (Å²) in [6.07, 6.45) is 7.64. The van der Waals surface area contributed by atoms with Gasteiger partial charge in [0.05, 0.1) is 6.10 Å². The standard InChI is InChI=1S/C12H24ClNO/c1-3-5-10(13)9-14-11-6-4-7-12(8-11)15-2/h10-12,14H,3-9H2,1-2H3. The average molecular weight is 234 g/mol. The minimum absolute atomic E-state index is 0.290. The first kappa shape index (κ1) is 13.3. The molecule has 15 heavy (non-hydrogen) atoms. The molecule has 2 nitrogen and oxygen atoms in total. The maximum Gasteiger partial charge on any atom is 0.0586 e. The zero-order valence-corrected chi connectivity index (χ0v) is 10.7. The Morgan fingerprint density at radius 1 is 1.47 bits per heavy atom. The molecule has 0 bridgehead atoms. The fraction of sp³-hybridized carbons (Fsp3) is 1.00. The van der Waals surface area contributed by atoms with Crippen molar-refractivity contribution in [1.82, 2.24) is 5.32 Å². The van der Waals surface area contributed by atoms with Gasteiger partial charge in [-0.2, -0.15) is 0 Å². The highest BCUT2D eigenvalue weighted by Crippen LogP contribution is 2.20. The topological polar surface area (TPSA) is 21.3 Å². The molecule has 3 heteroatoms. The zero-order chi connectivity index (χ0) is 11.1. The lowest BCUT2D eigenvalue weighted by Gasteiger charge is -2.29. The summed E-state index contributed by atoms with van der Waals surface area (Å²) < 4.78 is 5.40. The van der Waals surface area contributed by atoms with Crippen LogP contribution in [0.2, 0.25) is 0 Å². The van der Waals surface area contributed by atoms with E-state index in [0.29, 0.717) is 12.1 Å². The minimum Gasteiger partial charge on any atom is -0.381 e. The van der Waals surface area contributed by atoms with Crippen LogP contribution in [0.15, 0.2) is 0 Å². The van der Waals surface area contributed by atoms with Gasteiger partial charge in [0.1, 0.15) is 0 Å². The molecule has 1 N–H and O–H groups in total. The van der Waals surface area contributed by atoms with Crippen LogP contribution in [0.4, 0.5) is 0 Å². The van der Waals surface area contributed by atoms with Crippen molar-refractivity contribution >= 4 is 11.6 Å². The van der Waals surface area contributed by atoms with Crippen molar-refractivity contribution in [3.63, 3.8) is 0 Å². The van der Waals surface area contributed by atoms with Gasteiger partial charge in [0.25, 0.3) is 0 Å². The molecule has 90 valence electrons. The smallest absolute Gasteiger partial charge is 0.0586 e. The number of hydrogen-bond acceptors (Lipinski definition) is 2. The van der Waals surface area contributed by atoms with E-state index in [4.69, 9.17) is 16.3 Å². The van der Waals surface area contributed by atoms with Crippen molar-refractivity contribution in [2.45, 2.75) is 63.0 Å². The van der Waals surface area contributed by atoms with E-state index < -0.39 is 0 Å². The van der Waals surface area contributed by atoms with Gasteiger partial charge in [-0.15, -0.1) is 11.6 Å². The van der Waals surface area contributed by atoms with Gasteiger partial charge >= 0.3 is 0 Å². The van der Waals surface area contributed by atoms with Gasteiger partial charge in [0.2, 0.25) is 0 Å². The van der Waals surface area contributed by atoms with Crippen molar-refractivity contribution in [3.8, 4) is 0 Å². The number of methoxy groups -OCH3 is 1. The van der Waals surface area contributed by atoms with Gasteiger partial charge in [0, 0.05) is 25.1 Å². The molecule has 0 radical (unpaired) electrons. The van der Waals surface area contributed by atoms with Gasteiger partial charge in [-0.1, -0.05) is 13.3 Å². The number of halogens is 1. The highest BCUT2D eigenvalue weighted by atomic mass is 35.5. The molecule has 0 saturated heterocycles. The van der Waals surface area contributed by atoms with Crippen molar-refractivity contribution < 1.29 is 4.74 Å². The maximum atomic E-state index is 6.18. The molecule has 1 fully saturated rings. The van der Waals surface area contributed by atoms with Crippen molar-refractivity contribution in [2.24, 2.45) is 0 Å². The Kier molecular flexibility index (Phi) is 6.62. The molecule has 1 saturated carbocycles. The molecule has 3 atom stereocenters. The van der Waals surface area contributed by atoms with Gasteiger partial charge in [-0.25, -0.2) is 0 Å². The van der Waals surface area contributed by atoms with E-state index >= 15 is 0 Å². The van der Waals surface area contributed by atoms with Gasteiger partial charge < -0.3 is 10.1 Å². The van der Waals surface area contributed by atoms with Crippen LogP contribution in [0.25, 0.3) is 0 Å². The molecule has 0 heterocycles. The number of nitrogens with one attached hydrogen (secondary N) is 1. The molecule has 0 aromatic rings.